The highest BCUT2D eigenvalue weighted by Gasteiger charge is 2.28. The van der Waals surface area contributed by atoms with Gasteiger partial charge in [0.15, 0.2) is 0 Å². The summed E-state index contributed by atoms with van der Waals surface area (Å²) in [7, 11) is 0. The number of urea groups is 1. The van der Waals surface area contributed by atoms with Crippen molar-refractivity contribution in [1.29, 1.82) is 0 Å². The minimum Gasteiger partial charge on any atom is -0.466 e. The van der Waals surface area contributed by atoms with E-state index in [-0.39, 0.29) is 23.6 Å². The average molecular weight is 321 g/mol. The van der Waals surface area contributed by atoms with Crippen molar-refractivity contribution in [3.8, 4) is 0 Å². The highest BCUT2D eigenvalue weighted by molar-refractivity contribution is 5.89. The summed E-state index contributed by atoms with van der Waals surface area (Å²) in [6.07, 6.45) is 1.15. The quantitative estimate of drug-likeness (QED) is 0.521. The summed E-state index contributed by atoms with van der Waals surface area (Å²) in [5.41, 5.74) is 0.464. The third kappa shape index (κ3) is 4.41. The fourth-order valence-electron chi connectivity index (χ4n) is 2.45. The molecule has 124 valence electrons. The number of nitro groups is 1. The van der Waals surface area contributed by atoms with E-state index < -0.39 is 4.92 Å². The van der Waals surface area contributed by atoms with E-state index in [1.54, 1.807) is 11.8 Å². The summed E-state index contributed by atoms with van der Waals surface area (Å²) in [5, 5.41) is 13.3. The van der Waals surface area contributed by atoms with Gasteiger partial charge in [-0.25, -0.2) is 4.79 Å². The van der Waals surface area contributed by atoms with Gasteiger partial charge in [0, 0.05) is 30.9 Å². The maximum absolute atomic E-state index is 12.2. The van der Waals surface area contributed by atoms with Gasteiger partial charge in [-0.1, -0.05) is 0 Å². The van der Waals surface area contributed by atoms with Crippen LogP contribution in [0.1, 0.15) is 19.8 Å². The van der Waals surface area contributed by atoms with Crippen LogP contribution in [0.25, 0.3) is 0 Å². The molecule has 8 heteroatoms. The van der Waals surface area contributed by atoms with Crippen LogP contribution in [-0.2, 0) is 9.53 Å². The maximum Gasteiger partial charge on any atom is 0.321 e. The first-order valence-corrected chi connectivity index (χ1v) is 7.48. The Labute approximate surface area is 133 Å². The number of hydrogen-bond donors (Lipinski definition) is 1. The molecule has 0 unspecified atom stereocenters. The van der Waals surface area contributed by atoms with Gasteiger partial charge in [0.05, 0.1) is 17.4 Å². The molecule has 2 amide bonds. The van der Waals surface area contributed by atoms with Crippen molar-refractivity contribution in [2.45, 2.75) is 19.8 Å². The topological polar surface area (TPSA) is 102 Å². The minimum atomic E-state index is -0.494. The number of anilines is 1. The Morgan fingerprint density at radius 3 is 2.43 bits per heavy atom. The van der Waals surface area contributed by atoms with Gasteiger partial charge in [0.2, 0.25) is 0 Å². The highest BCUT2D eigenvalue weighted by atomic mass is 16.6. The molecular weight excluding hydrogens is 302 g/mol. The molecule has 0 radical (unpaired) electrons. The van der Waals surface area contributed by atoms with Crippen molar-refractivity contribution in [3.05, 3.63) is 34.4 Å². The van der Waals surface area contributed by atoms with Crippen LogP contribution in [0, 0.1) is 16.0 Å². The summed E-state index contributed by atoms with van der Waals surface area (Å²) in [6, 6.07) is 5.37. The number of nitrogens with one attached hydrogen (secondary N) is 1. The van der Waals surface area contributed by atoms with Crippen molar-refractivity contribution >= 4 is 23.4 Å². The normalized spacial score (nSPS) is 15.1. The van der Waals surface area contributed by atoms with Crippen LogP contribution >= 0.6 is 0 Å². The number of hydrogen-bond acceptors (Lipinski definition) is 5. The smallest absolute Gasteiger partial charge is 0.321 e. The van der Waals surface area contributed by atoms with E-state index in [9.17, 15) is 19.7 Å². The zero-order valence-electron chi connectivity index (χ0n) is 12.9. The molecule has 2 rings (SSSR count). The number of carbonyl (C=O) groups excluding carboxylic acids is 2. The fourth-order valence-corrected chi connectivity index (χ4v) is 2.45. The number of piperidine rings is 1. The molecular formula is C15H19N3O5. The van der Waals surface area contributed by atoms with E-state index in [0.29, 0.717) is 38.2 Å². The van der Waals surface area contributed by atoms with Crippen molar-refractivity contribution in [2.75, 3.05) is 25.0 Å². The second-order valence-electron chi connectivity index (χ2n) is 5.25. The Hall–Kier alpha value is -2.64. The summed E-state index contributed by atoms with van der Waals surface area (Å²) < 4.78 is 4.99. The molecule has 1 fully saturated rings. The van der Waals surface area contributed by atoms with Crippen LogP contribution in [0.15, 0.2) is 24.3 Å². The van der Waals surface area contributed by atoms with Gasteiger partial charge in [-0.05, 0) is 31.9 Å². The minimum absolute atomic E-state index is 0.0294. The number of ether oxygens (including phenoxy) is 1. The van der Waals surface area contributed by atoms with Crippen LogP contribution in [0.4, 0.5) is 16.2 Å². The van der Waals surface area contributed by atoms with Crippen molar-refractivity contribution in [3.63, 3.8) is 0 Å². The molecule has 1 aromatic rings. The van der Waals surface area contributed by atoms with Crippen molar-refractivity contribution in [1.82, 2.24) is 4.90 Å². The number of non-ortho nitro benzene ring substituents is 1. The molecule has 0 spiro atoms. The molecule has 0 atom stereocenters. The van der Waals surface area contributed by atoms with Gasteiger partial charge in [-0.2, -0.15) is 0 Å². The predicted octanol–water partition coefficient (Wildman–Crippen LogP) is 2.40. The van der Waals surface area contributed by atoms with Crippen molar-refractivity contribution < 1.29 is 19.2 Å². The third-order valence-corrected chi connectivity index (χ3v) is 3.73. The number of amides is 2. The van der Waals surface area contributed by atoms with Crippen LogP contribution in [-0.4, -0.2) is 41.5 Å². The van der Waals surface area contributed by atoms with Gasteiger partial charge in [-0.15, -0.1) is 0 Å². The van der Waals surface area contributed by atoms with E-state index in [1.165, 1.54) is 24.3 Å². The molecule has 1 aromatic carbocycles. The largest absolute Gasteiger partial charge is 0.466 e. The molecule has 1 saturated heterocycles. The Balaban J connectivity index is 1.85. The molecule has 1 N–H and O–H groups in total. The lowest BCUT2D eigenvalue weighted by Gasteiger charge is -2.30. The Morgan fingerprint density at radius 1 is 1.30 bits per heavy atom. The number of rotatable bonds is 4. The molecule has 0 aliphatic carbocycles. The maximum atomic E-state index is 12.2. The summed E-state index contributed by atoms with van der Waals surface area (Å²) in [4.78, 5) is 35.5. The first-order valence-electron chi connectivity index (χ1n) is 7.48. The molecule has 0 aromatic heterocycles. The monoisotopic (exact) mass is 321 g/mol. The number of esters is 1. The lowest BCUT2D eigenvalue weighted by Crippen LogP contribution is -2.42. The molecule has 1 aliphatic heterocycles. The summed E-state index contributed by atoms with van der Waals surface area (Å²) in [5.74, 6) is -0.360. The Bertz CT molecular complexity index is 579. The Kier molecular flexibility index (Phi) is 5.51. The van der Waals surface area contributed by atoms with Gasteiger partial charge in [0.1, 0.15) is 0 Å². The zero-order chi connectivity index (χ0) is 16.8. The van der Waals surface area contributed by atoms with Crippen molar-refractivity contribution in [2.24, 2.45) is 5.92 Å². The predicted molar refractivity (Wildman–Crippen MR) is 83.0 cm³/mol. The van der Waals surface area contributed by atoms with E-state index in [2.05, 4.69) is 5.32 Å². The second kappa shape index (κ2) is 7.57. The number of likely N-dealkylation sites (tertiary alicyclic amines) is 1. The number of nitro benzene ring substituents is 1. The summed E-state index contributed by atoms with van der Waals surface area (Å²) in [6.45, 7) is 3.08. The van der Waals surface area contributed by atoms with E-state index in [4.69, 9.17) is 4.74 Å². The van der Waals surface area contributed by atoms with Crippen LogP contribution in [0.3, 0.4) is 0 Å². The number of carbonyl (C=O) groups is 2. The molecule has 8 nitrogen and oxygen atoms in total. The van der Waals surface area contributed by atoms with Crippen LogP contribution in [0.5, 0.6) is 0 Å². The highest BCUT2D eigenvalue weighted by Crippen LogP contribution is 2.20. The van der Waals surface area contributed by atoms with Gasteiger partial charge < -0.3 is 15.0 Å². The Morgan fingerprint density at radius 2 is 1.91 bits per heavy atom. The SMILES string of the molecule is CCOC(=O)C1CCN(C(=O)Nc2ccc([N+](=O)[O-])cc2)CC1. The second-order valence-corrected chi connectivity index (χ2v) is 5.25. The molecule has 1 aliphatic rings. The molecule has 1 heterocycles. The zero-order valence-corrected chi connectivity index (χ0v) is 12.9. The average Bonchev–Trinajstić information content (AvgIpc) is 2.55. The lowest BCUT2D eigenvalue weighted by molar-refractivity contribution is -0.384. The first kappa shape index (κ1) is 16.7. The molecule has 0 bridgehead atoms. The number of benzene rings is 1. The lowest BCUT2D eigenvalue weighted by atomic mass is 9.97. The van der Waals surface area contributed by atoms with Crippen LogP contribution < -0.4 is 5.32 Å². The van der Waals surface area contributed by atoms with Crippen LogP contribution in [0.2, 0.25) is 0 Å². The standard InChI is InChI=1S/C15H19N3O5/c1-2-23-14(19)11-7-9-17(10-8-11)15(20)16-12-3-5-13(6-4-12)18(21)22/h3-6,11H,2,7-10H2,1H3,(H,16,20). The van der Waals surface area contributed by atoms with Gasteiger partial charge >= 0.3 is 12.0 Å². The van der Waals surface area contributed by atoms with E-state index in [0.717, 1.165) is 0 Å². The molecule has 23 heavy (non-hydrogen) atoms. The van der Waals surface area contributed by atoms with E-state index in [1.807, 2.05) is 0 Å². The summed E-state index contributed by atoms with van der Waals surface area (Å²) >= 11 is 0. The van der Waals surface area contributed by atoms with Gasteiger partial charge in [0.25, 0.3) is 5.69 Å². The third-order valence-electron chi connectivity index (χ3n) is 3.73. The molecule has 0 saturated carbocycles. The van der Waals surface area contributed by atoms with Gasteiger partial charge in [-0.3, -0.25) is 14.9 Å². The van der Waals surface area contributed by atoms with E-state index >= 15 is 0 Å². The number of nitrogens with zero attached hydrogens (tertiary/aromatic N) is 2. The first-order chi connectivity index (χ1) is 11.0. The fraction of sp³-hybridized carbons (Fsp3) is 0.467.